The van der Waals surface area contributed by atoms with Crippen molar-refractivity contribution in [3.05, 3.63) is 23.4 Å². The highest BCUT2D eigenvalue weighted by molar-refractivity contribution is 5.95. The van der Waals surface area contributed by atoms with Crippen LogP contribution in [0.3, 0.4) is 0 Å². The van der Waals surface area contributed by atoms with E-state index in [0.29, 0.717) is 0 Å². The maximum Gasteiger partial charge on any atom is 0.254 e. The van der Waals surface area contributed by atoms with Gasteiger partial charge in [-0.2, -0.15) is 0 Å². The lowest BCUT2D eigenvalue weighted by Crippen LogP contribution is -2.49. The third kappa shape index (κ3) is 3.35. The minimum atomic E-state index is 0.134. The highest BCUT2D eigenvalue weighted by Crippen LogP contribution is 2.27. The van der Waals surface area contributed by atoms with Crippen molar-refractivity contribution in [3.63, 3.8) is 0 Å². The summed E-state index contributed by atoms with van der Waals surface area (Å²) in [6.45, 7) is 8.48. The molecular weight excluding hydrogens is 264 g/mol. The average molecular weight is 288 g/mol. The van der Waals surface area contributed by atoms with E-state index >= 15 is 0 Å². The molecule has 0 radical (unpaired) electrons. The van der Waals surface area contributed by atoms with Crippen molar-refractivity contribution < 1.29 is 4.79 Å². The van der Waals surface area contributed by atoms with Crippen molar-refractivity contribution >= 4 is 11.7 Å². The summed E-state index contributed by atoms with van der Waals surface area (Å²) >= 11 is 0. The Labute approximate surface area is 126 Å². The highest BCUT2D eigenvalue weighted by atomic mass is 16.2. The Morgan fingerprint density at radius 1 is 1.29 bits per heavy atom. The summed E-state index contributed by atoms with van der Waals surface area (Å²) in [5, 5.41) is 3.19. The summed E-state index contributed by atoms with van der Waals surface area (Å²) in [5.74, 6) is 0.924. The number of carbonyl (C=O) groups is 1. The number of aryl methyl sites for hydroxylation is 1. The van der Waals surface area contributed by atoms with Gasteiger partial charge in [-0.25, -0.2) is 4.98 Å². The number of piperazine rings is 1. The molecule has 0 bridgehead atoms. The number of aromatic nitrogens is 1. The lowest BCUT2D eigenvalue weighted by Gasteiger charge is -2.34. The van der Waals surface area contributed by atoms with E-state index in [9.17, 15) is 4.79 Å². The van der Waals surface area contributed by atoms with Crippen LogP contribution in [-0.2, 0) is 0 Å². The molecule has 1 N–H and O–H groups in total. The Bertz CT molecular complexity index is 519. The summed E-state index contributed by atoms with van der Waals surface area (Å²) in [6, 6.07) is 4.55. The van der Waals surface area contributed by atoms with E-state index in [0.717, 1.165) is 55.8 Å². The second-order valence-corrected chi connectivity index (χ2v) is 5.97. The zero-order chi connectivity index (χ0) is 14.8. The van der Waals surface area contributed by atoms with E-state index in [2.05, 4.69) is 15.2 Å². The number of carbonyl (C=O) groups excluding carboxylic acids is 1. The molecule has 5 nitrogen and oxygen atoms in total. The fourth-order valence-corrected chi connectivity index (χ4v) is 2.98. The Hall–Kier alpha value is -1.62. The molecule has 114 valence electrons. The van der Waals surface area contributed by atoms with Crippen LogP contribution in [0.5, 0.6) is 0 Å². The topological polar surface area (TPSA) is 48.5 Å². The number of amides is 1. The molecule has 2 fully saturated rings. The lowest BCUT2D eigenvalue weighted by atomic mass is 10.1. The van der Waals surface area contributed by atoms with Crippen molar-refractivity contribution in [3.8, 4) is 0 Å². The average Bonchev–Trinajstić information content (AvgIpc) is 3.31. The summed E-state index contributed by atoms with van der Waals surface area (Å²) < 4.78 is 0. The molecule has 1 saturated heterocycles. The number of rotatable bonds is 4. The number of anilines is 1. The first-order valence-electron chi connectivity index (χ1n) is 7.93. The van der Waals surface area contributed by atoms with Gasteiger partial charge in [-0.1, -0.05) is 0 Å². The van der Waals surface area contributed by atoms with Crippen LogP contribution in [-0.4, -0.2) is 59.5 Å². The minimum absolute atomic E-state index is 0.134. The van der Waals surface area contributed by atoms with Crippen molar-refractivity contribution in [2.24, 2.45) is 0 Å². The minimum Gasteiger partial charge on any atom is -0.370 e. The molecule has 1 saturated carbocycles. The molecule has 3 rings (SSSR count). The van der Waals surface area contributed by atoms with E-state index in [1.54, 1.807) is 0 Å². The lowest BCUT2D eigenvalue weighted by molar-refractivity contribution is 0.0627. The molecule has 2 heterocycles. The third-order valence-corrected chi connectivity index (χ3v) is 4.22. The van der Waals surface area contributed by atoms with Gasteiger partial charge in [0.05, 0.1) is 0 Å². The van der Waals surface area contributed by atoms with Crippen molar-refractivity contribution in [1.82, 2.24) is 14.8 Å². The van der Waals surface area contributed by atoms with Crippen LogP contribution in [0.15, 0.2) is 12.1 Å². The van der Waals surface area contributed by atoms with Gasteiger partial charge < -0.3 is 10.2 Å². The quantitative estimate of drug-likeness (QED) is 0.917. The molecule has 21 heavy (non-hydrogen) atoms. The van der Waals surface area contributed by atoms with Crippen LogP contribution in [0, 0.1) is 6.92 Å². The molecule has 1 amide bonds. The summed E-state index contributed by atoms with van der Waals surface area (Å²) in [4.78, 5) is 21.6. The number of hydrogen-bond acceptors (Lipinski definition) is 4. The predicted octanol–water partition coefficient (Wildman–Crippen LogP) is 1.74. The van der Waals surface area contributed by atoms with Crippen molar-refractivity contribution in [2.45, 2.75) is 32.7 Å². The monoisotopic (exact) mass is 288 g/mol. The molecule has 5 heteroatoms. The predicted molar refractivity (Wildman–Crippen MR) is 83.6 cm³/mol. The summed E-state index contributed by atoms with van der Waals surface area (Å²) in [7, 11) is 0. The summed E-state index contributed by atoms with van der Waals surface area (Å²) in [5.41, 5.74) is 1.63. The zero-order valence-electron chi connectivity index (χ0n) is 12.9. The third-order valence-electron chi connectivity index (χ3n) is 4.22. The fourth-order valence-electron chi connectivity index (χ4n) is 2.98. The maximum atomic E-state index is 12.7. The second-order valence-electron chi connectivity index (χ2n) is 5.97. The molecule has 1 aromatic heterocycles. The molecule has 0 atom stereocenters. The van der Waals surface area contributed by atoms with E-state index < -0.39 is 0 Å². The van der Waals surface area contributed by atoms with Crippen LogP contribution < -0.4 is 5.32 Å². The van der Waals surface area contributed by atoms with Gasteiger partial charge >= 0.3 is 0 Å². The molecule has 0 unspecified atom stereocenters. The highest BCUT2D eigenvalue weighted by Gasteiger charge is 2.32. The van der Waals surface area contributed by atoms with Gasteiger partial charge in [-0.15, -0.1) is 0 Å². The van der Waals surface area contributed by atoms with Gasteiger partial charge in [-0.3, -0.25) is 9.69 Å². The second kappa shape index (κ2) is 6.02. The van der Waals surface area contributed by atoms with Crippen LogP contribution >= 0.6 is 0 Å². The van der Waals surface area contributed by atoms with Gasteiger partial charge in [0.1, 0.15) is 5.82 Å². The smallest absolute Gasteiger partial charge is 0.254 e. The largest absolute Gasteiger partial charge is 0.370 e. The van der Waals surface area contributed by atoms with Gasteiger partial charge in [0, 0.05) is 50.0 Å². The van der Waals surface area contributed by atoms with Crippen LogP contribution in [0.4, 0.5) is 5.82 Å². The van der Waals surface area contributed by atoms with Crippen LogP contribution in [0.1, 0.15) is 35.8 Å². The number of nitrogens with zero attached hydrogens (tertiary/aromatic N) is 3. The van der Waals surface area contributed by atoms with Crippen LogP contribution in [0.2, 0.25) is 0 Å². The van der Waals surface area contributed by atoms with E-state index in [-0.39, 0.29) is 5.91 Å². The normalized spacial score (nSPS) is 19.6. The maximum absolute atomic E-state index is 12.7. The molecular formula is C16H24N4O. The Balaban J connectivity index is 1.67. The van der Waals surface area contributed by atoms with Gasteiger partial charge in [-0.05, 0) is 38.8 Å². The molecule has 2 aliphatic rings. The first-order chi connectivity index (χ1) is 10.2. The SMILES string of the molecule is CCNc1cc(C(=O)N2CCN(C3CC3)CC2)cc(C)n1. The Morgan fingerprint density at radius 3 is 2.62 bits per heavy atom. The van der Waals surface area contributed by atoms with E-state index in [4.69, 9.17) is 0 Å². The number of nitrogens with one attached hydrogen (secondary N) is 1. The van der Waals surface area contributed by atoms with Gasteiger partial charge in [0.2, 0.25) is 0 Å². The van der Waals surface area contributed by atoms with Gasteiger partial charge in [0.25, 0.3) is 5.91 Å². The Morgan fingerprint density at radius 2 is 2.00 bits per heavy atom. The summed E-state index contributed by atoms with van der Waals surface area (Å²) in [6.07, 6.45) is 2.67. The standard InChI is InChI=1S/C16H24N4O/c1-3-17-15-11-13(10-12(2)18-15)16(21)20-8-6-19(7-9-20)14-4-5-14/h10-11,14H,3-9H2,1-2H3,(H,17,18). The number of hydrogen-bond donors (Lipinski definition) is 1. The molecule has 1 aromatic rings. The molecule has 0 aromatic carbocycles. The van der Waals surface area contributed by atoms with Crippen molar-refractivity contribution in [2.75, 3.05) is 38.0 Å². The van der Waals surface area contributed by atoms with Crippen LogP contribution in [0.25, 0.3) is 0 Å². The molecule has 1 aliphatic carbocycles. The van der Waals surface area contributed by atoms with E-state index in [1.165, 1.54) is 12.8 Å². The zero-order valence-corrected chi connectivity index (χ0v) is 12.9. The first kappa shape index (κ1) is 14.3. The molecule has 1 aliphatic heterocycles. The fraction of sp³-hybridized carbons (Fsp3) is 0.625. The Kier molecular flexibility index (Phi) is 4.10. The van der Waals surface area contributed by atoms with Crippen molar-refractivity contribution in [1.29, 1.82) is 0 Å². The first-order valence-corrected chi connectivity index (χ1v) is 7.93. The molecule has 0 spiro atoms. The number of pyridine rings is 1. The van der Waals surface area contributed by atoms with Gasteiger partial charge in [0.15, 0.2) is 0 Å². The van der Waals surface area contributed by atoms with E-state index in [1.807, 2.05) is 30.9 Å².